The summed E-state index contributed by atoms with van der Waals surface area (Å²) in [5, 5.41) is 32.4. The van der Waals surface area contributed by atoms with Crippen molar-refractivity contribution in [2.24, 2.45) is 5.92 Å². The highest BCUT2D eigenvalue weighted by Crippen LogP contribution is 2.32. The molecule has 0 aliphatic rings. The van der Waals surface area contributed by atoms with E-state index in [-0.39, 0.29) is 17.6 Å². The molecular formula is C35H44N6O5. The number of aryl methyl sites for hydroxylation is 1. The molecule has 46 heavy (non-hydrogen) atoms. The number of rotatable bonds is 13. The van der Waals surface area contributed by atoms with Gasteiger partial charge in [-0.3, -0.25) is 24.8 Å². The van der Waals surface area contributed by atoms with Crippen LogP contribution in [0.3, 0.4) is 0 Å². The molecule has 1 aromatic heterocycles. The van der Waals surface area contributed by atoms with E-state index in [1.165, 1.54) is 6.92 Å². The normalized spacial score (nSPS) is 11.1. The number of hydrogen-bond donors (Lipinski definition) is 5. The zero-order chi connectivity index (χ0) is 33.6. The number of ether oxygens (including phenoxy) is 1. The van der Waals surface area contributed by atoms with Gasteiger partial charge >= 0.3 is 0 Å². The van der Waals surface area contributed by atoms with Crippen LogP contribution in [0.5, 0.6) is 11.5 Å². The number of phenols is 1. The molecule has 0 aliphatic heterocycles. The maximum absolute atomic E-state index is 11.7. The number of aromatic hydroxyl groups is 1. The number of carbonyl (C=O) groups excluding carboxylic acids is 2. The summed E-state index contributed by atoms with van der Waals surface area (Å²) in [4.78, 5) is 22.3. The second-order valence-electron chi connectivity index (χ2n) is 10.9. The van der Waals surface area contributed by atoms with E-state index in [2.05, 4.69) is 45.8 Å². The van der Waals surface area contributed by atoms with Gasteiger partial charge in [-0.1, -0.05) is 45.0 Å². The number of benzene rings is 3. The summed E-state index contributed by atoms with van der Waals surface area (Å²) in [7, 11) is 1.65. The van der Waals surface area contributed by atoms with Crippen LogP contribution in [0.1, 0.15) is 66.7 Å². The Labute approximate surface area is 270 Å². The second-order valence-corrected chi connectivity index (χ2v) is 10.9. The van der Waals surface area contributed by atoms with Crippen molar-refractivity contribution in [3.05, 3.63) is 102 Å². The number of hydrogen-bond acceptors (Lipinski definition) is 8. The zero-order valence-corrected chi connectivity index (χ0v) is 27.1. The number of nitrogens with zero attached hydrogens (tertiary/aromatic N) is 3. The molecule has 5 N–H and O–H groups in total. The molecule has 0 radical (unpaired) electrons. The maximum atomic E-state index is 11.7. The van der Waals surface area contributed by atoms with Crippen LogP contribution >= 0.6 is 0 Å². The number of amides is 2. The fraction of sp³-hybridized carbons (Fsp3) is 0.314. The van der Waals surface area contributed by atoms with Crippen LogP contribution in [-0.2, 0) is 11.2 Å². The number of aromatic nitrogens is 3. The highest BCUT2D eigenvalue weighted by atomic mass is 16.5. The third-order valence-electron chi connectivity index (χ3n) is 7.37. The summed E-state index contributed by atoms with van der Waals surface area (Å²) in [6.07, 6.45) is 2.61. The Morgan fingerprint density at radius 2 is 1.72 bits per heavy atom. The summed E-state index contributed by atoms with van der Waals surface area (Å²) in [6, 6.07) is 19.5. The number of phenolic OH excluding ortho intramolecular Hbond substituents is 1. The number of nitrogens with one attached hydrogen (secondary N) is 3. The van der Waals surface area contributed by atoms with E-state index in [9.17, 15) is 14.7 Å². The average Bonchev–Trinajstić information content (AvgIpc) is 3.43. The summed E-state index contributed by atoms with van der Waals surface area (Å²) in [5.41, 5.74) is 6.60. The molecule has 11 nitrogen and oxygen atoms in total. The van der Waals surface area contributed by atoms with Gasteiger partial charge in [-0.2, -0.15) is 0 Å². The summed E-state index contributed by atoms with van der Waals surface area (Å²) in [6.45, 7) is 13.2. The molecule has 2 amide bonds. The third kappa shape index (κ3) is 9.93. The average molecular weight is 629 g/mol. The lowest BCUT2D eigenvalue weighted by Gasteiger charge is -2.18. The van der Waals surface area contributed by atoms with E-state index in [4.69, 9.17) is 9.94 Å². The van der Waals surface area contributed by atoms with E-state index in [1.54, 1.807) is 43.5 Å². The van der Waals surface area contributed by atoms with Crippen molar-refractivity contribution in [3.63, 3.8) is 0 Å². The van der Waals surface area contributed by atoms with Crippen molar-refractivity contribution < 1.29 is 24.6 Å². The first-order valence-corrected chi connectivity index (χ1v) is 15.2. The standard InChI is InChI=1S/C23H27N3O2.C12H17N3O3/c1-6-15(2)13-23-25-24-17(4)26(23)22-12-11-20(28-5)14-21(22)16(3)18-7-9-19(27)10-8-18;1-9(16)13-6-3-7-14-12(17)10-4-2-5-11(8-10)15-18/h7-12,14-15,27H,3,6,13H2,1-2,4-5H3;2,4-5,8,15,18H,3,6-7H2,1H3,(H,13,16)(H,14,17). The lowest BCUT2D eigenvalue weighted by atomic mass is 9.97. The van der Waals surface area contributed by atoms with Crippen LogP contribution in [0.15, 0.2) is 73.3 Å². The molecule has 0 fully saturated rings. The molecule has 0 bridgehead atoms. The Balaban J connectivity index is 0.000000277. The van der Waals surface area contributed by atoms with Crippen LogP contribution in [-0.4, -0.2) is 57.1 Å². The van der Waals surface area contributed by atoms with Gasteiger partial charge in [0.1, 0.15) is 23.1 Å². The Hall–Kier alpha value is -5.16. The monoisotopic (exact) mass is 628 g/mol. The Bertz CT molecular complexity index is 1620. The first-order chi connectivity index (χ1) is 22.1. The van der Waals surface area contributed by atoms with E-state index < -0.39 is 0 Å². The highest BCUT2D eigenvalue weighted by Gasteiger charge is 2.18. The van der Waals surface area contributed by atoms with E-state index in [0.29, 0.717) is 36.7 Å². The Kier molecular flexibility index (Phi) is 13.3. The van der Waals surface area contributed by atoms with Crippen molar-refractivity contribution in [1.82, 2.24) is 25.4 Å². The molecule has 1 heterocycles. The molecule has 3 aromatic carbocycles. The molecule has 1 unspecified atom stereocenters. The predicted molar refractivity (Wildman–Crippen MR) is 180 cm³/mol. The first-order valence-electron chi connectivity index (χ1n) is 15.2. The third-order valence-corrected chi connectivity index (χ3v) is 7.37. The molecule has 11 heteroatoms. The highest BCUT2D eigenvalue weighted by molar-refractivity contribution is 5.95. The van der Waals surface area contributed by atoms with Crippen molar-refractivity contribution in [1.29, 1.82) is 0 Å². The van der Waals surface area contributed by atoms with Gasteiger partial charge in [0.25, 0.3) is 5.91 Å². The smallest absolute Gasteiger partial charge is 0.251 e. The molecule has 0 saturated heterocycles. The molecule has 4 aromatic rings. The van der Waals surface area contributed by atoms with Crippen LogP contribution in [0.4, 0.5) is 5.69 Å². The fourth-order valence-electron chi connectivity index (χ4n) is 4.59. The molecular weight excluding hydrogens is 584 g/mol. The Morgan fingerprint density at radius 3 is 2.37 bits per heavy atom. The summed E-state index contributed by atoms with van der Waals surface area (Å²) in [5.74, 6) is 2.99. The SMILES string of the molecule is C=C(c1ccc(O)cc1)c1cc(OC)ccc1-n1c(C)nnc1CC(C)CC.CC(=O)NCCCNC(=O)c1cccc(NO)c1. The van der Waals surface area contributed by atoms with Crippen LogP contribution in [0, 0.1) is 12.8 Å². The van der Waals surface area contributed by atoms with Crippen LogP contribution in [0.2, 0.25) is 0 Å². The largest absolute Gasteiger partial charge is 0.508 e. The number of carbonyl (C=O) groups is 2. The van der Waals surface area contributed by atoms with Crippen molar-refractivity contribution >= 4 is 23.1 Å². The topological polar surface area (TPSA) is 151 Å². The van der Waals surface area contributed by atoms with Gasteiger partial charge in [0.2, 0.25) is 5.91 Å². The minimum Gasteiger partial charge on any atom is -0.508 e. The lowest BCUT2D eigenvalue weighted by molar-refractivity contribution is -0.118. The van der Waals surface area contributed by atoms with Gasteiger partial charge in [0.15, 0.2) is 0 Å². The van der Waals surface area contributed by atoms with Crippen molar-refractivity contribution in [2.75, 3.05) is 25.7 Å². The molecule has 244 valence electrons. The van der Waals surface area contributed by atoms with Gasteiger partial charge in [0.05, 0.1) is 18.5 Å². The minimum atomic E-state index is -0.213. The quantitative estimate of drug-likeness (QED) is 0.0937. The molecule has 0 spiro atoms. The molecule has 0 saturated carbocycles. The van der Waals surface area contributed by atoms with Gasteiger partial charge in [-0.25, -0.2) is 0 Å². The second kappa shape index (κ2) is 17.4. The summed E-state index contributed by atoms with van der Waals surface area (Å²) < 4.78 is 7.56. The molecule has 4 rings (SSSR count). The summed E-state index contributed by atoms with van der Waals surface area (Å²) >= 11 is 0. The minimum absolute atomic E-state index is 0.0805. The number of methoxy groups -OCH3 is 1. The maximum Gasteiger partial charge on any atom is 0.251 e. The zero-order valence-electron chi connectivity index (χ0n) is 27.1. The van der Waals surface area contributed by atoms with Gasteiger partial charge in [0, 0.05) is 37.6 Å². The number of anilines is 1. The van der Waals surface area contributed by atoms with E-state index in [1.807, 2.05) is 42.7 Å². The first kappa shape index (κ1) is 35.3. The van der Waals surface area contributed by atoms with E-state index >= 15 is 0 Å². The van der Waals surface area contributed by atoms with Crippen LogP contribution < -0.4 is 20.9 Å². The van der Waals surface area contributed by atoms with Gasteiger partial charge < -0.3 is 20.5 Å². The van der Waals surface area contributed by atoms with Crippen molar-refractivity contribution in [2.45, 2.75) is 47.0 Å². The van der Waals surface area contributed by atoms with Crippen molar-refractivity contribution in [3.8, 4) is 17.2 Å². The molecule has 1 atom stereocenters. The van der Waals surface area contributed by atoms with Gasteiger partial charge in [-0.05, 0) is 78.9 Å². The Morgan fingerprint density at radius 1 is 1.00 bits per heavy atom. The fourth-order valence-corrected chi connectivity index (χ4v) is 4.59. The predicted octanol–water partition coefficient (Wildman–Crippen LogP) is 5.68. The lowest BCUT2D eigenvalue weighted by Crippen LogP contribution is -2.28. The van der Waals surface area contributed by atoms with Gasteiger partial charge in [-0.15, -0.1) is 10.2 Å². The van der Waals surface area contributed by atoms with E-state index in [0.717, 1.165) is 52.6 Å². The van der Waals surface area contributed by atoms with Crippen LogP contribution in [0.25, 0.3) is 11.3 Å². The molecule has 0 aliphatic carbocycles.